The van der Waals surface area contributed by atoms with Crippen molar-refractivity contribution < 1.29 is 4.74 Å². The number of methoxy groups -OCH3 is 1. The summed E-state index contributed by atoms with van der Waals surface area (Å²) in [6, 6.07) is 8.09. The van der Waals surface area contributed by atoms with Gasteiger partial charge in [0.05, 0.1) is 7.11 Å². The first-order chi connectivity index (χ1) is 8.81. The molecule has 0 saturated carbocycles. The molecule has 0 radical (unpaired) electrons. The first-order valence-corrected chi connectivity index (χ1v) is 6.90. The topological polar surface area (TPSA) is 48.1 Å². The zero-order valence-corrected chi connectivity index (χ0v) is 12.0. The van der Waals surface area contributed by atoms with Crippen molar-refractivity contribution >= 4 is 11.3 Å². The summed E-state index contributed by atoms with van der Waals surface area (Å²) in [5, 5.41) is 0.989. The number of nitrogens with two attached hydrogens (primary N) is 1. The molecule has 0 unspecified atom stereocenters. The maximum atomic E-state index is 5.53. The van der Waals surface area contributed by atoms with Crippen LogP contribution in [0, 0.1) is 0 Å². The lowest BCUT2D eigenvalue weighted by Crippen LogP contribution is -1.93. The second kappa shape index (κ2) is 7.84. The van der Waals surface area contributed by atoms with E-state index in [0.29, 0.717) is 6.54 Å². The van der Waals surface area contributed by atoms with Crippen LogP contribution in [-0.4, -0.2) is 12.1 Å². The molecule has 2 aromatic rings. The second-order valence-corrected chi connectivity index (χ2v) is 4.65. The van der Waals surface area contributed by atoms with E-state index in [-0.39, 0.29) is 0 Å². The largest absolute Gasteiger partial charge is 0.497 e. The zero-order valence-electron chi connectivity index (χ0n) is 11.1. The number of thiazole rings is 1. The molecule has 1 aromatic carbocycles. The lowest BCUT2D eigenvalue weighted by Gasteiger charge is -2.01. The molecule has 0 aliphatic heterocycles. The fraction of sp³-hybridized carbons (Fsp3) is 0.357. The van der Waals surface area contributed by atoms with E-state index < -0.39 is 0 Å². The Hall–Kier alpha value is -1.39. The number of aromatic nitrogens is 1. The maximum Gasteiger partial charge on any atom is 0.118 e. The third kappa shape index (κ3) is 4.13. The van der Waals surface area contributed by atoms with Crippen molar-refractivity contribution in [2.75, 3.05) is 7.11 Å². The van der Waals surface area contributed by atoms with E-state index in [1.165, 1.54) is 10.4 Å². The first kappa shape index (κ1) is 14.7. The molecule has 0 atom stereocenters. The molecule has 1 heterocycles. The van der Waals surface area contributed by atoms with E-state index in [1.807, 2.05) is 32.2 Å². The highest BCUT2D eigenvalue weighted by Gasteiger charge is 2.02. The van der Waals surface area contributed by atoms with Gasteiger partial charge in [0, 0.05) is 24.0 Å². The van der Waals surface area contributed by atoms with Crippen LogP contribution in [0.3, 0.4) is 0 Å². The predicted octanol–water partition coefficient (Wildman–Crippen LogP) is 3.23. The highest BCUT2D eigenvalue weighted by molar-refractivity contribution is 7.11. The molecule has 0 amide bonds. The molecule has 0 bridgehead atoms. The van der Waals surface area contributed by atoms with Crippen LogP contribution in [0.2, 0.25) is 0 Å². The summed E-state index contributed by atoms with van der Waals surface area (Å²) in [6.45, 7) is 4.52. The number of rotatable bonds is 4. The lowest BCUT2D eigenvalue weighted by molar-refractivity contribution is 0.414. The third-order valence-corrected chi connectivity index (χ3v) is 3.33. The van der Waals surface area contributed by atoms with Crippen molar-refractivity contribution in [1.29, 1.82) is 0 Å². The minimum Gasteiger partial charge on any atom is -0.497 e. The number of hydrogen-bond acceptors (Lipinski definition) is 4. The van der Waals surface area contributed by atoms with Gasteiger partial charge in [-0.2, -0.15) is 0 Å². The summed E-state index contributed by atoms with van der Waals surface area (Å²) in [7, 11) is 1.67. The molecule has 1 aromatic heterocycles. The molecule has 0 spiro atoms. The number of nitrogens with zero attached hydrogens (tertiary/aromatic N) is 1. The molecule has 4 heteroatoms. The van der Waals surface area contributed by atoms with E-state index in [2.05, 4.69) is 17.1 Å². The molecule has 2 N–H and O–H groups in total. The smallest absolute Gasteiger partial charge is 0.118 e. The molecule has 2 rings (SSSR count). The average molecular weight is 264 g/mol. The van der Waals surface area contributed by atoms with Gasteiger partial charge in [-0.25, -0.2) is 4.98 Å². The standard InChI is InChI=1S/C12H14N2OS.C2H6/c1-15-10-4-2-9(3-5-10)6-11-8-14-12(7-13)16-11;1-2/h2-5,8H,6-7,13H2,1H3;1-2H3. The Morgan fingerprint density at radius 3 is 2.39 bits per heavy atom. The summed E-state index contributed by atoms with van der Waals surface area (Å²) >= 11 is 1.67. The molecular weight excluding hydrogens is 244 g/mol. The Labute approximate surface area is 113 Å². The fourth-order valence-electron chi connectivity index (χ4n) is 1.47. The number of benzene rings is 1. The SMILES string of the molecule is CC.COc1ccc(Cc2cnc(CN)s2)cc1. The van der Waals surface area contributed by atoms with Crippen molar-refractivity contribution in [2.45, 2.75) is 26.8 Å². The Balaban J connectivity index is 0.000000771. The quantitative estimate of drug-likeness (QED) is 0.922. The molecule has 0 aliphatic rings. The van der Waals surface area contributed by atoms with Gasteiger partial charge in [0.2, 0.25) is 0 Å². The van der Waals surface area contributed by atoms with Gasteiger partial charge in [0.25, 0.3) is 0 Å². The van der Waals surface area contributed by atoms with Crippen LogP contribution < -0.4 is 10.5 Å². The zero-order chi connectivity index (χ0) is 13.4. The van der Waals surface area contributed by atoms with Crippen molar-refractivity contribution in [3.05, 3.63) is 45.9 Å². The molecular formula is C14H20N2OS. The Morgan fingerprint density at radius 1 is 1.22 bits per heavy atom. The number of ether oxygens (including phenoxy) is 1. The van der Waals surface area contributed by atoms with Gasteiger partial charge in [-0.15, -0.1) is 11.3 Å². The van der Waals surface area contributed by atoms with Gasteiger partial charge >= 0.3 is 0 Å². The molecule has 98 valence electrons. The van der Waals surface area contributed by atoms with Gasteiger partial charge < -0.3 is 10.5 Å². The van der Waals surface area contributed by atoms with Crippen molar-refractivity contribution in [2.24, 2.45) is 5.73 Å². The average Bonchev–Trinajstić information content (AvgIpc) is 2.89. The molecule has 0 fully saturated rings. The van der Waals surface area contributed by atoms with Crippen LogP contribution >= 0.6 is 11.3 Å². The number of hydrogen-bond donors (Lipinski definition) is 1. The van der Waals surface area contributed by atoms with Crippen LogP contribution in [0.15, 0.2) is 30.5 Å². The van der Waals surface area contributed by atoms with Crippen molar-refractivity contribution in [1.82, 2.24) is 4.98 Å². The first-order valence-electron chi connectivity index (χ1n) is 6.08. The maximum absolute atomic E-state index is 5.53. The van der Waals surface area contributed by atoms with E-state index in [1.54, 1.807) is 18.4 Å². The second-order valence-electron chi connectivity index (χ2n) is 3.45. The molecule has 0 aliphatic carbocycles. The van der Waals surface area contributed by atoms with Gasteiger partial charge in [-0.3, -0.25) is 0 Å². The summed E-state index contributed by atoms with van der Waals surface area (Å²) in [5.74, 6) is 0.885. The van der Waals surface area contributed by atoms with Crippen LogP contribution in [0.25, 0.3) is 0 Å². The van der Waals surface area contributed by atoms with E-state index in [9.17, 15) is 0 Å². The van der Waals surface area contributed by atoms with Gasteiger partial charge in [0.15, 0.2) is 0 Å². The fourth-order valence-corrected chi connectivity index (χ4v) is 2.30. The van der Waals surface area contributed by atoms with E-state index in [0.717, 1.165) is 17.2 Å². The summed E-state index contributed by atoms with van der Waals surface area (Å²) < 4.78 is 5.11. The minimum absolute atomic E-state index is 0.521. The summed E-state index contributed by atoms with van der Waals surface area (Å²) in [6.07, 6.45) is 2.80. The lowest BCUT2D eigenvalue weighted by atomic mass is 10.1. The highest BCUT2D eigenvalue weighted by Crippen LogP contribution is 2.18. The van der Waals surface area contributed by atoms with E-state index in [4.69, 9.17) is 10.5 Å². The van der Waals surface area contributed by atoms with Crippen molar-refractivity contribution in [3.8, 4) is 5.75 Å². The molecule has 0 saturated heterocycles. The van der Waals surface area contributed by atoms with Crippen molar-refractivity contribution in [3.63, 3.8) is 0 Å². The van der Waals surface area contributed by atoms with Crippen LogP contribution in [0.1, 0.15) is 29.3 Å². The van der Waals surface area contributed by atoms with Gasteiger partial charge in [-0.1, -0.05) is 26.0 Å². The molecule has 3 nitrogen and oxygen atoms in total. The Kier molecular flexibility index (Phi) is 6.39. The Morgan fingerprint density at radius 2 is 1.89 bits per heavy atom. The highest BCUT2D eigenvalue weighted by atomic mass is 32.1. The van der Waals surface area contributed by atoms with Gasteiger partial charge in [-0.05, 0) is 17.7 Å². The third-order valence-electron chi connectivity index (χ3n) is 2.31. The summed E-state index contributed by atoms with van der Waals surface area (Å²) in [4.78, 5) is 5.47. The van der Waals surface area contributed by atoms with E-state index >= 15 is 0 Å². The molecule has 18 heavy (non-hydrogen) atoms. The summed E-state index contributed by atoms with van der Waals surface area (Å²) in [5.41, 5.74) is 6.78. The predicted molar refractivity (Wildman–Crippen MR) is 77.2 cm³/mol. The van der Waals surface area contributed by atoms with Gasteiger partial charge in [0.1, 0.15) is 10.8 Å². The monoisotopic (exact) mass is 264 g/mol. The van der Waals surface area contributed by atoms with Crippen LogP contribution in [0.5, 0.6) is 5.75 Å². The van der Waals surface area contributed by atoms with Crippen LogP contribution in [-0.2, 0) is 13.0 Å². The minimum atomic E-state index is 0.521. The normalized spacial score (nSPS) is 9.56. The van der Waals surface area contributed by atoms with Crippen LogP contribution in [0.4, 0.5) is 0 Å². The Bertz CT molecular complexity index is 451.